The lowest BCUT2D eigenvalue weighted by molar-refractivity contribution is 0.217. The van der Waals surface area contributed by atoms with Crippen LogP contribution in [-0.2, 0) is 6.54 Å². The zero-order chi connectivity index (χ0) is 12.7. The Kier molecular flexibility index (Phi) is 6.06. The molecule has 0 radical (unpaired) electrons. The Labute approximate surface area is 105 Å². The SMILES string of the molecule is CC[C@@H](C)NCc1ccc(O[C@@H](C)CC)cc1. The summed E-state index contributed by atoms with van der Waals surface area (Å²) in [6.45, 7) is 9.56. The minimum absolute atomic E-state index is 0.291. The van der Waals surface area contributed by atoms with Gasteiger partial charge in [0.15, 0.2) is 0 Å². The van der Waals surface area contributed by atoms with E-state index in [1.54, 1.807) is 0 Å². The van der Waals surface area contributed by atoms with Crippen LogP contribution in [0, 0.1) is 0 Å². The van der Waals surface area contributed by atoms with Crippen molar-refractivity contribution < 1.29 is 4.74 Å². The molecule has 2 atom stereocenters. The summed E-state index contributed by atoms with van der Waals surface area (Å²) in [7, 11) is 0. The van der Waals surface area contributed by atoms with E-state index in [1.165, 1.54) is 5.56 Å². The van der Waals surface area contributed by atoms with E-state index in [9.17, 15) is 0 Å². The van der Waals surface area contributed by atoms with E-state index in [2.05, 4.69) is 57.3 Å². The number of hydrogen-bond donors (Lipinski definition) is 1. The molecule has 96 valence electrons. The van der Waals surface area contributed by atoms with Crippen LogP contribution in [0.15, 0.2) is 24.3 Å². The van der Waals surface area contributed by atoms with Crippen molar-refractivity contribution in [2.24, 2.45) is 0 Å². The first-order chi connectivity index (χ1) is 8.15. The van der Waals surface area contributed by atoms with E-state index in [0.717, 1.165) is 25.1 Å². The minimum Gasteiger partial charge on any atom is -0.491 e. The Balaban J connectivity index is 2.44. The van der Waals surface area contributed by atoms with Crippen molar-refractivity contribution in [3.63, 3.8) is 0 Å². The lowest BCUT2D eigenvalue weighted by Gasteiger charge is -2.14. The Bertz CT molecular complexity index is 307. The summed E-state index contributed by atoms with van der Waals surface area (Å²) in [6, 6.07) is 8.95. The molecule has 1 aromatic carbocycles. The first kappa shape index (κ1) is 14.0. The molecule has 17 heavy (non-hydrogen) atoms. The van der Waals surface area contributed by atoms with Gasteiger partial charge >= 0.3 is 0 Å². The van der Waals surface area contributed by atoms with Gasteiger partial charge in [-0.25, -0.2) is 0 Å². The molecule has 1 aromatic rings. The zero-order valence-corrected chi connectivity index (χ0v) is 11.5. The maximum absolute atomic E-state index is 5.74. The second-order valence-electron chi connectivity index (χ2n) is 4.67. The van der Waals surface area contributed by atoms with E-state index in [-0.39, 0.29) is 0 Å². The highest BCUT2D eigenvalue weighted by atomic mass is 16.5. The van der Waals surface area contributed by atoms with Crippen LogP contribution in [0.2, 0.25) is 0 Å². The predicted octanol–water partition coefficient (Wildman–Crippen LogP) is 3.75. The van der Waals surface area contributed by atoms with Gasteiger partial charge in [-0.05, 0) is 44.4 Å². The highest BCUT2D eigenvalue weighted by Crippen LogP contribution is 2.14. The quantitative estimate of drug-likeness (QED) is 0.777. The fourth-order valence-electron chi connectivity index (χ4n) is 1.44. The van der Waals surface area contributed by atoms with Gasteiger partial charge in [0.05, 0.1) is 6.10 Å². The van der Waals surface area contributed by atoms with Gasteiger partial charge in [0.2, 0.25) is 0 Å². The van der Waals surface area contributed by atoms with Crippen molar-refractivity contribution in [1.82, 2.24) is 5.32 Å². The van der Waals surface area contributed by atoms with Crippen LogP contribution in [0.25, 0.3) is 0 Å². The lowest BCUT2D eigenvalue weighted by Crippen LogP contribution is -2.24. The molecule has 0 spiro atoms. The van der Waals surface area contributed by atoms with Crippen molar-refractivity contribution >= 4 is 0 Å². The van der Waals surface area contributed by atoms with Crippen molar-refractivity contribution in [3.05, 3.63) is 29.8 Å². The second kappa shape index (κ2) is 7.33. The van der Waals surface area contributed by atoms with Gasteiger partial charge in [0, 0.05) is 12.6 Å². The van der Waals surface area contributed by atoms with E-state index >= 15 is 0 Å². The van der Waals surface area contributed by atoms with Gasteiger partial charge in [0.1, 0.15) is 5.75 Å². The molecule has 1 rings (SSSR count). The van der Waals surface area contributed by atoms with Crippen LogP contribution in [0.5, 0.6) is 5.75 Å². The molecule has 2 heteroatoms. The fourth-order valence-corrected chi connectivity index (χ4v) is 1.44. The van der Waals surface area contributed by atoms with Gasteiger partial charge in [0.25, 0.3) is 0 Å². The molecule has 2 nitrogen and oxygen atoms in total. The zero-order valence-electron chi connectivity index (χ0n) is 11.5. The summed E-state index contributed by atoms with van der Waals surface area (Å²) in [4.78, 5) is 0. The van der Waals surface area contributed by atoms with E-state index < -0.39 is 0 Å². The molecular weight excluding hydrogens is 210 g/mol. The van der Waals surface area contributed by atoms with Crippen molar-refractivity contribution in [3.8, 4) is 5.75 Å². The van der Waals surface area contributed by atoms with Crippen molar-refractivity contribution in [1.29, 1.82) is 0 Å². The average molecular weight is 235 g/mol. The predicted molar refractivity (Wildman–Crippen MR) is 73.4 cm³/mol. The molecule has 0 amide bonds. The second-order valence-corrected chi connectivity index (χ2v) is 4.67. The number of nitrogens with one attached hydrogen (secondary N) is 1. The third-order valence-electron chi connectivity index (χ3n) is 3.10. The first-order valence-corrected chi connectivity index (χ1v) is 6.64. The lowest BCUT2D eigenvalue weighted by atomic mass is 10.2. The average Bonchev–Trinajstić information content (AvgIpc) is 2.37. The molecule has 0 heterocycles. The highest BCUT2D eigenvalue weighted by molar-refractivity contribution is 5.27. The monoisotopic (exact) mass is 235 g/mol. The molecule has 0 aliphatic rings. The molecule has 0 saturated carbocycles. The molecule has 0 aliphatic carbocycles. The molecule has 0 unspecified atom stereocenters. The molecule has 0 bridgehead atoms. The Morgan fingerprint density at radius 3 is 2.24 bits per heavy atom. The summed E-state index contributed by atoms with van der Waals surface area (Å²) >= 11 is 0. The van der Waals surface area contributed by atoms with Crippen LogP contribution in [-0.4, -0.2) is 12.1 Å². The van der Waals surface area contributed by atoms with E-state index in [4.69, 9.17) is 4.74 Å². The molecule has 1 N–H and O–H groups in total. The Hall–Kier alpha value is -1.02. The van der Waals surface area contributed by atoms with Gasteiger partial charge in [-0.15, -0.1) is 0 Å². The van der Waals surface area contributed by atoms with Gasteiger partial charge in [-0.1, -0.05) is 26.0 Å². The normalized spacial score (nSPS) is 14.4. The smallest absolute Gasteiger partial charge is 0.119 e. The van der Waals surface area contributed by atoms with Crippen molar-refractivity contribution in [2.45, 2.75) is 59.2 Å². The van der Waals surface area contributed by atoms with Gasteiger partial charge in [-0.3, -0.25) is 0 Å². The Morgan fingerprint density at radius 1 is 1.06 bits per heavy atom. The van der Waals surface area contributed by atoms with Crippen molar-refractivity contribution in [2.75, 3.05) is 0 Å². The summed E-state index contributed by atoms with van der Waals surface area (Å²) in [6.07, 6.45) is 2.49. The Morgan fingerprint density at radius 2 is 1.71 bits per heavy atom. The molecule has 0 saturated heterocycles. The maximum Gasteiger partial charge on any atom is 0.119 e. The minimum atomic E-state index is 0.291. The number of ether oxygens (including phenoxy) is 1. The number of benzene rings is 1. The summed E-state index contributed by atoms with van der Waals surface area (Å²) in [5, 5.41) is 3.48. The summed E-state index contributed by atoms with van der Waals surface area (Å²) < 4.78 is 5.74. The highest BCUT2D eigenvalue weighted by Gasteiger charge is 2.02. The molecular formula is C15H25NO. The topological polar surface area (TPSA) is 21.3 Å². The van der Waals surface area contributed by atoms with E-state index in [0.29, 0.717) is 12.1 Å². The van der Waals surface area contributed by atoms with Crippen LogP contribution < -0.4 is 10.1 Å². The summed E-state index contributed by atoms with van der Waals surface area (Å²) in [5.74, 6) is 0.964. The van der Waals surface area contributed by atoms with Gasteiger partial charge < -0.3 is 10.1 Å². The standard InChI is InChI=1S/C15H25NO/c1-5-12(3)16-11-14-7-9-15(10-8-14)17-13(4)6-2/h7-10,12-13,16H,5-6,11H2,1-4H3/t12-,13+/m1/s1. The third-order valence-corrected chi connectivity index (χ3v) is 3.10. The van der Waals surface area contributed by atoms with Gasteiger partial charge in [-0.2, -0.15) is 0 Å². The van der Waals surface area contributed by atoms with Crippen LogP contribution in [0.4, 0.5) is 0 Å². The number of hydrogen-bond acceptors (Lipinski definition) is 2. The van der Waals surface area contributed by atoms with Crippen LogP contribution >= 0.6 is 0 Å². The fraction of sp³-hybridized carbons (Fsp3) is 0.600. The third kappa shape index (κ3) is 5.22. The molecule has 0 aliphatic heterocycles. The maximum atomic E-state index is 5.74. The molecule has 0 aromatic heterocycles. The molecule has 0 fully saturated rings. The van der Waals surface area contributed by atoms with E-state index in [1.807, 2.05) is 0 Å². The van der Waals surface area contributed by atoms with Crippen LogP contribution in [0.1, 0.15) is 46.1 Å². The first-order valence-electron chi connectivity index (χ1n) is 6.64. The number of rotatable bonds is 7. The largest absolute Gasteiger partial charge is 0.491 e. The summed E-state index contributed by atoms with van der Waals surface area (Å²) in [5.41, 5.74) is 1.31. The van der Waals surface area contributed by atoms with Crippen LogP contribution in [0.3, 0.4) is 0 Å².